The van der Waals surface area contributed by atoms with Crippen molar-refractivity contribution in [2.24, 2.45) is 0 Å². The Bertz CT molecular complexity index is 1360. The maximum atomic E-state index is 13.9. The quantitative estimate of drug-likeness (QED) is 0.212. The van der Waals surface area contributed by atoms with Crippen LogP contribution in [0.4, 0.5) is 5.69 Å². The van der Waals surface area contributed by atoms with E-state index in [-0.39, 0.29) is 18.4 Å². The minimum atomic E-state index is -0.0190. The van der Waals surface area contributed by atoms with Crippen molar-refractivity contribution >= 4 is 28.4 Å². The molecule has 4 rings (SSSR count). The molecule has 1 aromatic heterocycles. The number of anilines is 1. The van der Waals surface area contributed by atoms with E-state index >= 15 is 0 Å². The second-order valence-corrected chi connectivity index (χ2v) is 10.6. The number of fused-ring (bicyclic) bond motifs is 1. The van der Waals surface area contributed by atoms with Gasteiger partial charge in [-0.3, -0.25) is 9.59 Å². The van der Waals surface area contributed by atoms with Gasteiger partial charge in [-0.25, -0.2) is 0 Å². The number of hydrogen-bond acceptors (Lipinski definition) is 3. The van der Waals surface area contributed by atoms with E-state index in [1.54, 1.807) is 4.90 Å². The highest BCUT2D eigenvalue weighted by atomic mass is 16.2. The Morgan fingerprint density at radius 2 is 1.45 bits per heavy atom. The third kappa shape index (κ3) is 7.98. The predicted molar refractivity (Wildman–Crippen MR) is 164 cm³/mol. The van der Waals surface area contributed by atoms with Gasteiger partial charge in [-0.05, 0) is 54.2 Å². The van der Waals surface area contributed by atoms with Crippen LogP contribution in [0, 0.1) is 0 Å². The van der Waals surface area contributed by atoms with Crippen LogP contribution in [0.25, 0.3) is 10.9 Å². The van der Waals surface area contributed by atoms with Gasteiger partial charge in [0.1, 0.15) is 0 Å². The number of amides is 2. The van der Waals surface area contributed by atoms with Gasteiger partial charge in [0.15, 0.2) is 0 Å². The summed E-state index contributed by atoms with van der Waals surface area (Å²) in [5.41, 5.74) is 5.65. The molecule has 0 radical (unpaired) electrons. The molecule has 0 unspecified atom stereocenters. The monoisotopic (exact) mass is 538 g/mol. The lowest BCUT2D eigenvalue weighted by Gasteiger charge is -2.28. The lowest BCUT2D eigenvalue weighted by Crippen LogP contribution is -2.44. The second kappa shape index (κ2) is 14.4. The smallest absolute Gasteiger partial charge is 0.242 e. The van der Waals surface area contributed by atoms with Crippen molar-refractivity contribution in [3.63, 3.8) is 0 Å². The van der Waals surface area contributed by atoms with Crippen LogP contribution >= 0.6 is 0 Å². The molecule has 6 heteroatoms. The van der Waals surface area contributed by atoms with Crippen molar-refractivity contribution in [3.05, 3.63) is 102 Å². The largest absolute Gasteiger partial charge is 0.378 e. The van der Waals surface area contributed by atoms with Crippen LogP contribution in [-0.4, -0.2) is 60.3 Å². The first-order valence-electron chi connectivity index (χ1n) is 14.4. The summed E-state index contributed by atoms with van der Waals surface area (Å²) in [7, 11) is 4.04. The summed E-state index contributed by atoms with van der Waals surface area (Å²) in [6, 6.07) is 26.7. The Kier molecular flexibility index (Phi) is 10.4. The first kappa shape index (κ1) is 28.9. The number of benzene rings is 3. The molecule has 210 valence electrons. The first-order chi connectivity index (χ1) is 19.4. The Hall–Kier alpha value is -4.06. The highest BCUT2D eigenvalue weighted by Crippen LogP contribution is 2.20. The molecular formula is C34H42N4O2. The molecule has 0 aliphatic carbocycles. The molecule has 0 saturated carbocycles. The minimum Gasteiger partial charge on any atom is -0.378 e. The highest BCUT2D eigenvalue weighted by molar-refractivity contribution is 5.85. The third-order valence-corrected chi connectivity index (χ3v) is 7.44. The van der Waals surface area contributed by atoms with Crippen LogP contribution in [0.2, 0.25) is 0 Å². The molecule has 0 fully saturated rings. The summed E-state index contributed by atoms with van der Waals surface area (Å²) in [6.07, 6.45) is 5.76. The van der Waals surface area contributed by atoms with E-state index in [2.05, 4.69) is 65.3 Å². The Labute approximate surface area is 238 Å². The van der Waals surface area contributed by atoms with Crippen molar-refractivity contribution < 1.29 is 9.59 Å². The molecule has 0 spiro atoms. The summed E-state index contributed by atoms with van der Waals surface area (Å²) in [5, 5.41) is 1.18. The number of carbonyl (C=O) groups excluding carboxylic acids is 2. The van der Waals surface area contributed by atoms with Crippen LogP contribution < -0.4 is 4.90 Å². The molecule has 3 aromatic carbocycles. The SMILES string of the molecule is CCCCC(=O)N(CCc1ccccc1)CC(=O)N(CCc1c[nH]c2ccccc12)Cc1ccc(N(C)C)cc1. The van der Waals surface area contributed by atoms with Crippen LogP contribution in [0.5, 0.6) is 0 Å². The zero-order valence-corrected chi connectivity index (χ0v) is 24.1. The number of H-pyrrole nitrogens is 1. The van der Waals surface area contributed by atoms with Crippen LogP contribution in [-0.2, 0) is 29.0 Å². The van der Waals surface area contributed by atoms with E-state index in [0.717, 1.165) is 42.5 Å². The van der Waals surface area contributed by atoms with E-state index < -0.39 is 0 Å². The zero-order valence-electron chi connectivity index (χ0n) is 24.1. The number of unbranched alkanes of at least 4 members (excludes halogenated alkanes) is 1. The number of carbonyl (C=O) groups is 2. The highest BCUT2D eigenvalue weighted by Gasteiger charge is 2.22. The Morgan fingerprint density at radius 1 is 0.750 bits per heavy atom. The summed E-state index contributed by atoms with van der Waals surface area (Å²) in [6.45, 7) is 3.79. The fourth-order valence-corrected chi connectivity index (χ4v) is 4.96. The number of aromatic amines is 1. The van der Waals surface area contributed by atoms with Gasteiger partial charge in [-0.15, -0.1) is 0 Å². The van der Waals surface area contributed by atoms with E-state index in [9.17, 15) is 9.59 Å². The van der Waals surface area contributed by atoms with Gasteiger partial charge >= 0.3 is 0 Å². The number of nitrogens with zero attached hydrogens (tertiary/aromatic N) is 3. The average Bonchev–Trinajstić information content (AvgIpc) is 3.39. The summed E-state index contributed by atoms with van der Waals surface area (Å²) in [4.78, 5) is 36.1. The molecule has 0 bridgehead atoms. The van der Waals surface area contributed by atoms with Crippen LogP contribution in [0.1, 0.15) is 42.9 Å². The van der Waals surface area contributed by atoms with E-state index in [4.69, 9.17) is 0 Å². The van der Waals surface area contributed by atoms with Gasteiger partial charge in [-0.1, -0.05) is 74.0 Å². The Balaban J connectivity index is 1.51. The molecule has 2 amide bonds. The molecule has 0 saturated heterocycles. The molecule has 40 heavy (non-hydrogen) atoms. The number of hydrogen-bond donors (Lipinski definition) is 1. The topological polar surface area (TPSA) is 59.7 Å². The van der Waals surface area contributed by atoms with Gasteiger partial charge in [0, 0.05) is 62.9 Å². The molecule has 0 aliphatic heterocycles. The summed E-state index contributed by atoms with van der Waals surface area (Å²) >= 11 is 0. The van der Waals surface area contributed by atoms with Crippen molar-refractivity contribution in [3.8, 4) is 0 Å². The normalized spacial score (nSPS) is 11.0. The number of aromatic nitrogens is 1. The molecule has 1 N–H and O–H groups in total. The second-order valence-electron chi connectivity index (χ2n) is 10.6. The van der Waals surface area contributed by atoms with Crippen LogP contribution in [0.15, 0.2) is 85.1 Å². The maximum absolute atomic E-state index is 13.9. The molecule has 1 heterocycles. The van der Waals surface area contributed by atoms with Gasteiger partial charge < -0.3 is 19.7 Å². The van der Waals surface area contributed by atoms with E-state index in [1.165, 1.54) is 16.5 Å². The van der Waals surface area contributed by atoms with E-state index in [0.29, 0.717) is 26.1 Å². The van der Waals surface area contributed by atoms with Crippen molar-refractivity contribution in [1.82, 2.24) is 14.8 Å². The molecule has 6 nitrogen and oxygen atoms in total. The van der Waals surface area contributed by atoms with Crippen molar-refractivity contribution in [2.45, 2.75) is 45.6 Å². The molecule has 0 aliphatic rings. The van der Waals surface area contributed by atoms with Crippen molar-refractivity contribution in [1.29, 1.82) is 0 Å². The van der Waals surface area contributed by atoms with Crippen LogP contribution in [0.3, 0.4) is 0 Å². The lowest BCUT2D eigenvalue weighted by atomic mass is 10.1. The summed E-state index contributed by atoms with van der Waals surface area (Å²) < 4.78 is 0. The molecular weight excluding hydrogens is 496 g/mol. The standard InChI is InChI=1S/C34H42N4O2/c1-4-5-15-33(39)38(22-20-27-11-7-6-8-12-27)26-34(40)37(25-28-16-18-30(19-17-28)36(2)3)23-21-29-24-35-32-14-10-9-13-31(29)32/h6-14,16-19,24,35H,4-5,15,20-23,25-26H2,1-3H3. The number of nitrogens with one attached hydrogen (secondary N) is 1. The minimum absolute atomic E-state index is 0.0190. The Morgan fingerprint density at radius 3 is 2.17 bits per heavy atom. The van der Waals surface area contributed by atoms with Gasteiger partial charge in [-0.2, -0.15) is 0 Å². The fourth-order valence-electron chi connectivity index (χ4n) is 4.96. The van der Waals surface area contributed by atoms with E-state index in [1.807, 2.05) is 55.5 Å². The lowest BCUT2D eigenvalue weighted by molar-refractivity contribution is -0.141. The van der Waals surface area contributed by atoms with Gasteiger partial charge in [0.2, 0.25) is 11.8 Å². The fraction of sp³-hybridized carbons (Fsp3) is 0.353. The number of para-hydroxylation sites is 1. The first-order valence-corrected chi connectivity index (χ1v) is 14.4. The zero-order chi connectivity index (χ0) is 28.3. The predicted octanol–water partition coefficient (Wildman–Crippen LogP) is 6.07. The summed E-state index contributed by atoms with van der Waals surface area (Å²) in [5.74, 6) is 0.0347. The molecule has 0 atom stereocenters. The van der Waals surface area contributed by atoms with Crippen molar-refractivity contribution in [2.75, 3.05) is 38.6 Å². The van der Waals surface area contributed by atoms with Gasteiger partial charge in [0.25, 0.3) is 0 Å². The number of rotatable bonds is 14. The maximum Gasteiger partial charge on any atom is 0.242 e. The average molecular weight is 539 g/mol. The van der Waals surface area contributed by atoms with Gasteiger partial charge in [0.05, 0.1) is 6.54 Å². The third-order valence-electron chi connectivity index (χ3n) is 7.44. The molecule has 4 aromatic rings.